The lowest BCUT2D eigenvalue weighted by atomic mass is 9.98. The van der Waals surface area contributed by atoms with Gasteiger partial charge in [-0.05, 0) is 56.0 Å². The maximum absolute atomic E-state index is 8.47. The van der Waals surface area contributed by atoms with E-state index in [2.05, 4.69) is 38.2 Å². The van der Waals surface area contributed by atoms with Gasteiger partial charge in [0.05, 0.1) is 13.2 Å². The van der Waals surface area contributed by atoms with Gasteiger partial charge in [0.15, 0.2) is 0 Å². The molecule has 0 saturated heterocycles. The molecule has 0 aromatic heterocycles. The molecule has 98 valence electrons. The molecule has 0 saturated carbocycles. The Balaban J connectivity index is 2.70. The van der Waals surface area contributed by atoms with E-state index in [9.17, 15) is 0 Å². The van der Waals surface area contributed by atoms with E-state index >= 15 is 0 Å². The largest absolute Gasteiger partial charge is 0.496 e. The van der Waals surface area contributed by atoms with Crippen LogP contribution in [0.25, 0.3) is 0 Å². The molecule has 3 nitrogen and oxygen atoms in total. The highest BCUT2D eigenvalue weighted by molar-refractivity contribution is 5.48. The monoisotopic (exact) mass is 246 g/mol. The normalized spacial score (nSPS) is 10.2. The number of nitriles is 1. The molecule has 0 amide bonds. The lowest BCUT2D eigenvalue weighted by molar-refractivity contribution is 0.408. The summed E-state index contributed by atoms with van der Waals surface area (Å²) < 4.78 is 5.41. The number of aryl methyl sites for hydroxylation is 1. The van der Waals surface area contributed by atoms with Gasteiger partial charge >= 0.3 is 0 Å². The summed E-state index contributed by atoms with van der Waals surface area (Å²) in [6.45, 7) is 8.04. The first kappa shape index (κ1) is 14.5. The second-order valence-corrected chi connectivity index (χ2v) is 4.57. The quantitative estimate of drug-likeness (QED) is 0.785. The van der Waals surface area contributed by atoms with Gasteiger partial charge in [-0.15, -0.1) is 0 Å². The minimum absolute atomic E-state index is 0.618. The Hall–Kier alpha value is -1.53. The average Bonchev–Trinajstić information content (AvgIpc) is 2.35. The second kappa shape index (κ2) is 7.03. The van der Waals surface area contributed by atoms with E-state index in [-0.39, 0.29) is 0 Å². The number of hydrogen-bond acceptors (Lipinski definition) is 3. The molecule has 0 fully saturated rings. The molecule has 1 rings (SSSR count). The van der Waals surface area contributed by atoms with Crippen LogP contribution in [-0.4, -0.2) is 13.7 Å². The number of unbranched alkanes of at least 4 members (excludes halogenated alkanes) is 1. The van der Waals surface area contributed by atoms with Gasteiger partial charge in [0.25, 0.3) is 0 Å². The summed E-state index contributed by atoms with van der Waals surface area (Å²) in [6.07, 6.45) is 1.52. The molecule has 0 unspecified atom stereocenters. The predicted octanol–water partition coefficient (Wildman–Crippen LogP) is 3.01. The third-order valence-corrected chi connectivity index (χ3v) is 3.30. The van der Waals surface area contributed by atoms with Crippen LogP contribution in [0.1, 0.15) is 35.1 Å². The van der Waals surface area contributed by atoms with Gasteiger partial charge in [-0.2, -0.15) is 5.26 Å². The van der Waals surface area contributed by atoms with E-state index in [0.29, 0.717) is 6.42 Å². The van der Waals surface area contributed by atoms with Crippen LogP contribution in [0, 0.1) is 32.1 Å². The maximum Gasteiger partial charge on any atom is 0.124 e. The van der Waals surface area contributed by atoms with Gasteiger partial charge in [-0.25, -0.2) is 0 Å². The lowest BCUT2D eigenvalue weighted by Gasteiger charge is -2.16. The summed E-state index contributed by atoms with van der Waals surface area (Å²) in [7, 11) is 1.72. The number of nitrogens with zero attached hydrogens (tertiary/aromatic N) is 1. The van der Waals surface area contributed by atoms with Crippen molar-refractivity contribution in [2.75, 3.05) is 13.7 Å². The average molecular weight is 246 g/mol. The second-order valence-electron chi connectivity index (χ2n) is 4.57. The van der Waals surface area contributed by atoms with E-state index < -0.39 is 0 Å². The molecule has 0 bridgehead atoms. The molecule has 3 heteroatoms. The van der Waals surface area contributed by atoms with Crippen LogP contribution < -0.4 is 10.1 Å². The van der Waals surface area contributed by atoms with Crippen LogP contribution in [0.3, 0.4) is 0 Å². The molecule has 0 aliphatic rings. The van der Waals surface area contributed by atoms with E-state index in [4.69, 9.17) is 10.00 Å². The highest BCUT2D eigenvalue weighted by atomic mass is 16.5. The number of hydrogen-bond donors (Lipinski definition) is 1. The van der Waals surface area contributed by atoms with Gasteiger partial charge in [-0.1, -0.05) is 6.07 Å². The fraction of sp³-hybridized carbons (Fsp3) is 0.533. The van der Waals surface area contributed by atoms with Crippen LogP contribution in [0.15, 0.2) is 6.07 Å². The summed E-state index contributed by atoms with van der Waals surface area (Å²) in [5.41, 5.74) is 4.98. The van der Waals surface area contributed by atoms with Crippen molar-refractivity contribution in [3.8, 4) is 11.8 Å². The van der Waals surface area contributed by atoms with Gasteiger partial charge in [0.2, 0.25) is 0 Å². The number of nitrogens with one attached hydrogen (secondary N) is 1. The zero-order valence-corrected chi connectivity index (χ0v) is 11.8. The molecular formula is C15H22N2O. The van der Waals surface area contributed by atoms with Crippen molar-refractivity contribution in [1.82, 2.24) is 5.32 Å². The Labute approximate surface area is 110 Å². The highest BCUT2D eigenvalue weighted by Gasteiger charge is 2.09. The van der Waals surface area contributed by atoms with Crippen LogP contribution in [0.2, 0.25) is 0 Å². The van der Waals surface area contributed by atoms with Gasteiger partial charge in [-0.3, -0.25) is 0 Å². The van der Waals surface area contributed by atoms with E-state index in [1.807, 2.05) is 0 Å². The molecule has 0 aliphatic carbocycles. The maximum atomic E-state index is 8.47. The fourth-order valence-corrected chi connectivity index (χ4v) is 2.16. The Morgan fingerprint density at radius 2 is 2.00 bits per heavy atom. The molecular weight excluding hydrogens is 224 g/mol. The number of benzene rings is 1. The van der Waals surface area contributed by atoms with Gasteiger partial charge < -0.3 is 10.1 Å². The SMILES string of the molecule is COc1c(C)cc(CNCCCC#N)c(C)c1C. The first-order valence-electron chi connectivity index (χ1n) is 6.33. The summed E-state index contributed by atoms with van der Waals surface area (Å²) in [4.78, 5) is 0. The lowest BCUT2D eigenvalue weighted by Crippen LogP contribution is -2.16. The van der Waals surface area contributed by atoms with Crippen LogP contribution in [-0.2, 0) is 6.54 Å². The van der Waals surface area contributed by atoms with Crippen molar-refractivity contribution in [1.29, 1.82) is 5.26 Å². The van der Waals surface area contributed by atoms with Gasteiger partial charge in [0.1, 0.15) is 5.75 Å². The van der Waals surface area contributed by atoms with Gasteiger partial charge in [0, 0.05) is 13.0 Å². The van der Waals surface area contributed by atoms with Crippen molar-refractivity contribution in [2.45, 2.75) is 40.2 Å². The Morgan fingerprint density at radius 3 is 2.61 bits per heavy atom. The molecule has 0 heterocycles. The van der Waals surface area contributed by atoms with Crippen LogP contribution in [0.4, 0.5) is 0 Å². The molecule has 0 spiro atoms. The third kappa shape index (κ3) is 3.48. The molecule has 0 radical (unpaired) electrons. The number of methoxy groups -OCH3 is 1. The van der Waals surface area contributed by atoms with Crippen LogP contribution >= 0.6 is 0 Å². The van der Waals surface area contributed by atoms with E-state index in [1.54, 1.807) is 7.11 Å². The van der Waals surface area contributed by atoms with Crippen molar-refractivity contribution >= 4 is 0 Å². The Kier molecular flexibility index (Phi) is 5.67. The fourth-order valence-electron chi connectivity index (χ4n) is 2.16. The van der Waals surface area contributed by atoms with Crippen LogP contribution in [0.5, 0.6) is 5.75 Å². The number of ether oxygens (including phenoxy) is 1. The minimum Gasteiger partial charge on any atom is -0.496 e. The topological polar surface area (TPSA) is 45.0 Å². The zero-order chi connectivity index (χ0) is 13.5. The first-order valence-corrected chi connectivity index (χ1v) is 6.33. The van der Waals surface area contributed by atoms with Crippen molar-refractivity contribution in [3.63, 3.8) is 0 Å². The molecule has 0 atom stereocenters. The van der Waals surface area contributed by atoms with Crippen molar-refractivity contribution in [3.05, 3.63) is 28.3 Å². The zero-order valence-electron chi connectivity index (χ0n) is 11.8. The molecule has 0 aliphatic heterocycles. The summed E-state index contributed by atoms with van der Waals surface area (Å²) >= 11 is 0. The standard InChI is InChI=1S/C15H22N2O/c1-11-9-14(10-17-8-6-5-7-16)12(2)13(3)15(11)18-4/h9,17H,5-6,8,10H2,1-4H3. The van der Waals surface area contributed by atoms with Crippen molar-refractivity contribution < 1.29 is 4.74 Å². The third-order valence-electron chi connectivity index (χ3n) is 3.30. The smallest absolute Gasteiger partial charge is 0.124 e. The minimum atomic E-state index is 0.618. The molecule has 18 heavy (non-hydrogen) atoms. The van der Waals surface area contributed by atoms with E-state index in [1.165, 1.54) is 22.3 Å². The Morgan fingerprint density at radius 1 is 1.28 bits per heavy atom. The summed E-state index contributed by atoms with van der Waals surface area (Å²) in [5, 5.41) is 11.8. The molecule has 1 aromatic rings. The Bertz CT molecular complexity index is 447. The molecule has 1 aromatic carbocycles. The predicted molar refractivity (Wildman–Crippen MR) is 73.8 cm³/mol. The van der Waals surface area contributed by atoms with Crippen molar-refractivity contribution in [2.24, 2.45) is 0 Å². The summed E-state index contributed by atoms with van der Waals surface area (Å²) in [5.74, 6) is 0.987. The first-order chi connectivity index (χ1) is 8.61. The highest BCUT2D eigenvalue weighted by Crippen LogP contribution is 2.28. The molecule has 1 N–H and O–H groups in total. The summed E-state index contributed by atoms with van der Waals surface area (Å²) in [6, 6.07) is 4.33. The number of rotatable bonds is 6. The van der Waals surface area contributed by atoms with E-state index in [0.717, 1.165) is 25.3 Å².